The molecule has 0 rings (SSSR count). The number of carbonyl (C=O) groups is 3. The lowest BCUT2D eigenvalue weighted by atomic mass is 10.0. The molecule has 10 heteroatoms. The van der Waals surface area contributed by atoms with Crippen LogP contribution in [-0.2, 0) is 33.2 Å². The quantitative estimate of drug-likeness (QED) is 0.361. The highest BCUT2D eigenvalue weighted by atomic mass is 31.2. The molecule has 0 spiro atoms. The van der Waals surface area contributed by atoms with Gasteiger partial charge in [-0.2, -0.15) is 0 Å². The van der Waals surface area contributed by atoms with E-state index in [0.717, 1.165) is 21.3 Å². The van der Waals surface area contributed by atoms with Crippen molar-refractivity contribution in [3.8, 4) is 0 Å². The van der Waals surface area contributed by atoms with Crippen LogP contribution < -0.4 is 0 Å². The second kappa shape index (κ2) is 7.22. The Labute approximate surface area is 109 Å². The Bertz CT molecular complexity index is 398. The van der Waals surface area contributed by atoms with Crippen molar-refractivity contribution in [2.45, 2.75) is 12.1 Å². The summed E-state index contributed by atoms with van der Waals surface area (Å²) in [5.74, 6) is -5.04. The zero-order chi connectivity index (χ0) is 15.2. The molecule has 0 amide bonds. The molecular weight excluding hydrogens is 283 g/mol. The summed E-state index contributed by atoms with van der Waals surface area (Å²) in [5.41, 5.74) is -2.12. The summed E-state index contributed by atoms with van der Waals surface area (Å²) >= 11 is 0. The monoisotopic (exact) mass is 298 g/mol. The van der Waals surface area contributed by atoms with Crippen LogP contribution in [0.1, 0.15) is 6.42 Å². The van der Waals surface area contributed by atoms with Crippen LogP contribution in [0.5, 0.6) is 0 Å². The average molecular weight is 298 g/mol. The number of rotatable bonds is 6. The second-order valence-corrected chi connectivity index (χ2v) is 5.20. The van der Waals surface area contributed by atoms with Crippen LogP contribution in [0, 0.1) is 5.92 Å². The van der Waals surface area contributed by atoms with E-state index in [2.05, 4.69) is 14.2 Å². The normalized spacial score (nSPS) is 14.2. The Kier molecular flexibility index (Phi) is 6.68. The zero-order valence-electron chi connectivity index (χ0n) is 10.6. The van der Waals surface area contributed by atoms with Crippen molar-refractivity contribution in [3.63, 3.8) is 0 Å². The third-order valence-corrected chi connectivity index (χ3v) is 3.60. The van der Waals surface area contributed by atoms with Gasteiger partial charge in [-0.15, -0.1) is 0 Å². The number of esters is 3. The topological polar surface area (TPSA) is 136 Å². The maximum Gasteiger partial charge on any atom is 0.340 e. The molecule has 0 fully saturated rings. The maximum absolute atomic E-state index is 11.5. The van der Waals surface area contributed by atoms with Crippen LogP contribution in [0.4, 0.5) is 0 Å². The van der Waals surface area contributed by atoms with Crippen molar-refractivity contribution in [2.75, 3.05) is 21.3 Å². The molecule has 2 N–H and O–H groups in total. The molecular formula is C9H15O9P. The van der Waals surface area contributed by atoms with Gasteiger partial charge >= 0.3 is 25.5 Å². The summed E-state index contributed by atoms with van der Waals surface area (Å²) < 4.78 is 24.2. The van der Waals surface area contributed by atoms with Gasteiger partial charge in [-0.1, -0.05) is 0 Å². The predicted molar refractivity (Wildman–Crippen MR) is 60.0 cm³/mol. The molecule has 0 radical (unpaired) electrons. The fraction of sp³-hybridized carbons (Fsp3) is 0.667. The van der Waals surface area contributed by atoms with Crippen molar-refractivity contribution in [1.29, 1.82) is 0 Å². The molecule has 0 saturated carbocycles. The van der Waals surface area contributed by atoms with Gasteiger partial charge < -0.3 is 24.0 Å². The molecule has 2 atom stereocenters. The van der Waals surface area contributed by atoms with E-state index in [4.69, 9.17) is 9.79 Å². The maximum atomic E-state index is 11.5. The van der Waals surface area contributed by atoms with Crippen LogP contribution in [-0.4, -0.2) is 54.7 Å². The van der Waals surface area contributed by atoms with Gasteiger partial charge in [0.05, 0.1) is 33.7 Å². The number of hydrogen-bond donors (Lipinski definition) is 2. The second-order valence-electron chi connectivity index (χ2n) is 3.47. The van der Waals surface area contributed by atoms with Crippen molar-refractivity contribution in [3.05, 3.63) is 0 Å². The Morgan fingerprint density at radius 2 is 1.47 bits per heavy atom. The van der Waals surface area contributed by atoms with Crippen LogP contribution >= 0.6 is 7.60 Å². The minimum absolute atomic E-state index is 0.714. The number of carbonyl (C=O) groups excluding carboxylic acids is 3. The Morgan fingerprint density at radius 1 is 1.00 bits per heavy atom. The van der Waals surface area contributed by atoms with Crippen LogP contribution in [0.2, 0.25) is 0 Å². The average Bonchev–Trinajstić information content (AvgIpc) is 2.34. The van der Waals surface area contributed by atoms with E-state index < -0.39 is 43.5 Å². The minimum Gasteiger partial charge on any atom is -0.469 e. The van der Waals surface area contributed by atoms with E-state index in [1.165, 1.54) is 0 Å². The molecule has 19 heavy (non-hydrogen) atoms. The summed E-state index contributed by atoms with van der Waals surface area (Å²) in [6, 6.07) is 0. The van der Waals surface area contributed by atoms with E-state index in [0.29, 0.717) is 0 Å². The first-order valence-electron chi connectivity index (χ1n) is 4.96. The first kappa shape index (κ1) is 17.6. The molecule has 0 aromatic carbocycles. The molecule has 0 aromatic rings. The van der Waals surface area contributed by atoms with Gasteiger partial charge in [0.1, 0.15) is 0 Å². The summed E-state index contributed by atoms with van der Waals surface area (Å²) in [4.78, 5) is 52.3. The van der Waals surface area contributed by atoms with Gasteiger partial charge in [0.2, 0.25) is 0 Å². The van der Waals surface area contributed by atoms with Crippen LogP contribution in [0.25, 0.3) is 0 Å². The molecule has 0 bridgehead atoms. The molecule has 0 saturated heterocycles. The Balaban J connectivity index is 5.49. The molecule has 9 nitrogen and oxygen atoms in total. The van der Waals surface area contributed by atoms with Gasteiger partial charge in [-0.25, -0.2) is 0 Å². The molecule has 0 aliphatic carbocycles. The highest BCUT2D eigenvalue weighted by molar-refractivity contribution is 7.53. The molecule has 0 aliphatic rings. The molecule has 0 heterocycles. The highest BCUT2D eigenvalue weighted by Gasteiger charge is 2.48. The third-order valence-electron chi connectivity index (χ3n) is 2.30. The van der Waals surface area contributed by atoms with E-state index >= 15 is 0 Å². The van der Waals surface area contributed by atoms with Gasteiger partial charge in [-0.05, 0) is 0 Å². The first-order valence-corrected chi connectivity index (χ1v) is 6.64. The highest BCUT2D eigenvalue weighted by Crippen LogP contribution is 2.46. The summed E-state index contributed by atoms with van der Waals surface area (Å²) in [5, 5.41) is 0. The van der Waals surface area contributed by atoms with E-state index in [-0.39, 0.29) is 0 Å². The smallest absolute Gasteiger partial charge is 0.340 e. The molecule has 0 aliphatic heterocycles. The third kappa shape index (κ3) is 4.98. The summed E-state index contributed by atoms with van der Waals surface area (Å²) in [7, 11) is -2.13. The van der Waals surface area contributed by atoms with Gasteiger partial charge in [-0.3, -0.25) is 18.9 Å². The van der Waals surface area contributed by atoms with Crippen molar-refractivity contribution in [1.82, 2.24) is 0 Å². The van der Waals surface area contributed by atoms with Gasteiger partial charge in [0, 0.05) is 0 Å². The summed E-state index contributed by atoms with van der Waals surface area (Å²) in [6.07, 6.45) is -0.714. The number of methoxy groups -OCH3 is 3. The molecule has 2 unspecified atom stereocenters. The van der Waals surface area contributed by atoms with Crippen molar-refractivity contribution < 1.29 is 42.9 Å². The standard InChI is InChI=1S/C9H15O9P/c1-16-6(10)4-5(8(11)17-2)7(9(12)18-3)19(13,14)15/h5,7H,4H2,1-3H3,(H2,13,14,15). The SMILES string of the molecule is COC(=O)CC(C(=O)OC)C(C(=O)OC)P(=O)(O)O. The minimum atomic E-state index is -5.02. The largest absolute Gasteiger partial charge is 0.469 e. The lowest BCUT2D eigenvalue weighted by Gasteiger charge is -2.22. The fourth-order valence-electron chi connectivity index (χ4n) is 1.39. The summed E-state index contributed by atoms with van der Waals surface area (Å²) in [6.45, 7) is 0. The number of hydrogen-bond acceptors (Lipinski definition) is 7. The van der Waals surface area contributed by atoms with Gasteiger partial charge in [0.25, 0.3) is 0 Å². The van der Waals surface area contributed by atoms with Crippen molar-refractivity contribution >= 4 is 25.5 Å². The lowest BCUT2D eigenvalue weighted by molar-refractivity contribution is -0.156. The fourth-order valence-corrected chi connectivity index (χ4v) is 2.47. The predicted octanol–water partition coefficient (Wildman–Crippen LogP) is -0.942. The van der Waals surface area contributed by atoms with Crippen LogP contribution in [0.15, 0.2) is 0 Å². The zero-order valence-corrected chi connectivity index (χ0v) is 11.5. The number of ether oxygens (including phenoxy) is 3. The van der Waals surface area contributed by atoms with Gasteiger partial charge in [0.15, 0.2) is 5.66 Å². The lowest BCUT2D eigenvalue weighted by Crippen LogP contribution is -2.38. The molecule has 0 aromatic heterocycles. The Hall–Kier alpha value is -1.44. The van der Waals surface area contributed by atoms with Crippen LogP contribution in [0.3, 0.4) is 0 Å². The molecule has 110 valence electrons. The first-order chi connectivity index (χ1) is 8.68. The van der Waals surface area contributed by atoms with E-state index in [9.17, 15) is 18.9 Å². The van der Waals surface area contributed by atoms with E-state index in [1.54, 1.807) is 0 Å². The Morgan fingerprint density at radius 3 is 1.79 bits per heavy atom. The van der Waals surface area contributed by atoms with E-state index in [1.807, 2.05) is 0 Å². The van der Waals surface area contributed by atoms with Crippen molar-refractivity contribution in [2.24, 2.45) is 5.92 Å².